The standard InChI is InChI=1S/C11H18O6S2/c1-7-5-9(16-18(7,12)13)11(3-4-11)10-6-8(2)19(14,15)17-10/h7-10H,3-6H2,1-2H3. The maximum Gasteiger partial charge on any atom is 0.270 e. The van der Waals surface area contributed by atoms with E-state index >= 15 is 0 Å². The lowest BCUT2D eigenvalue weighted by atomic mass is 9.87. The lowest BCUT2D eigenvalue weighted by molar-refractivity contribution is 0.0464. The van der Waals surface area contributed by atoms with Crippen molar-refractivity contribution in [3.05, 3.63) is 0 Å². The molecule has 0 bridgehead atoms. The van der Waals surface area contributed by atoms with Crippen molar-refractivity contribution in [1.82, 2.24) is 0 Å². The molecule has 0 aromatic heterocycles. The summed E-state index contributed by atoms with van der Waals surface area (Å²) in [6, 6.07) is 0. The summed E-state index contributed by atoms with van der Waals surface area (Å²) in [5, 5.41) is -1.05. The second kappa shape index (κ2) is 3.93. The summed E-state index contributed by atoms with van der Waals surface area (Å²) in [5.41, 5.74) is -0.421. The smallest absolute Gasteiger partial charge is 0.266 e. The minimum absolute atomic E-state index is 0.421. The SMILES string of the molecule is CC1CC(C2(C3CC(C)S(=O)(=O)O3)CC2)OS1(=O)=O. The van der Waals surface area contributed by atoms with Crippen LogP contribution in [-0.4, -0.2) is 39.5 Å². The Morgan fingerprint density at radius 1 is 0.842 bits per heavy atom. The predicted molar refractivity (Wildman–Crippen MR) is 67.4 cm³/mol. The Kier molecular flexibility index (Phi) is 2.85. The van der Waals surface area contributed by atoms with Crippen LogP contribution in [0, 0.1) is 5.41 Å². The highest BCUT2D eigenvalue weighted by atomic mass is 32.2. The van der Waals surface area contributed by atoms with Crippen molar-refractivity contribution >= 4 is 20.2 Å². The fourth-order valence-corrected chi connectivity index (χ4v) is 5.48. The summed E-state index contributed by atoms with van der Waals surface area (Å²) in [6.07, 6.45) is 1.53. The Morgan fingerprint density at radius 3 is 1.42 bits per heavy atom. The van der Waals surface area contributed by atoms with E-state index in [1.54, 1.807) is 13.8 Å². The molecule has 3 rings (SSSR count). The van der Waals surface area contributed by atoms with Gasteiger partial charge in [0.05, 0.1) is 22.7 Å². The fourth-order valence-electron chi connectivity index (χ4n) is 3.09. The topological polar surface area (TPSA) is 86.7 Å². The van der Waals surface area contributed by atoms with Gasteiger partial charge in [-0.05, 0) is 39.5 Å². The van der Waals surface area contributed by atoms with Gasteiger partial charge in [0.1, 0.15) is 0 Å². The molecule has 3 aliphatic rings. The van der Waals surface area contributed by atoms with E-state index in [9.17, 15) is 16.8 Å². The molecule has 8 heteroatoms. The molecule has 4 atom stereocenters. The van der Waals surface area contributed by atoms with E-state index in [-0.39, 0.29) is 0 Å². The van der Waals surface area contributed by atoms with E-state index in [1.165, 1.54) is 0 Å². The van der Waals surface area contributed by atoms with Crippen molar-refractivity contribution in [2.75, 3.05) is 0 Å². The van der Waals surface area contributed by atoms with Crippen LogP contribution in [0.25, 0.3) is 0 Å². The molecular formula is C11H18O6S2. The second-order valence-electron chi connectivity index (χ2n) is 5.98. The zero-order valence-corrected chi connectivity index (χ0v) is 12.5. The van der Waals surface area contributed by atoms with Crippen LogP contribution >= 0.6 is 0 Å². The maximum atomic E-state index is 11.7. The van der Waals surface area contributed by atoms with Crippen LogP contribution in [0.3, 0.4) is 0 Å². The highest BCUT2D eigenvalue weighted by Crippen LogP contribution is 2.59. The Morgan fingerprint density at radius 2 is 1.21 bits per heavy atom. The van der Waals surface area contributed by atoms with E-state index < -0.39 is 48.4 Å². The second-order valence-corrected chi connectivity index (χ2v) is 9.95. The van der Waals surface area contributed by atoms with E-state index in [1.807, 2.05) is 0 Å². The van der Waals surface area contributed by atoms with Crippen molar-refractivity contribution in [1.29, 1.82) is 0 Å². The van der Waals surface area contributed by atoms with Crippen LogP contribution < -0.4 is 0 Å². The molecule has 0 radical (unpaired) electrons. The quantitative estimate of drug-likeness (QED) is 0.701. The van der Waals surface area contributed by atoms with Gasteiger partial charge in [-0.3, -0.25) is 8.37 Å². The average Bonchev–Trinajstić information content (AvgIpc) is 2.96. The molecule has 0 aromatic rings. The van der Waals surface area contributed by atoms with E-state index in [2.05, 4.69) is 0 Å². The predicted octanol–water partition coefficient (Wildman–Crippen LogP) is 0.781. The summed E-state index contributed by atoms with van der Waals surface area (Å²) in [7, 11) is -6.99. The van der Waals surface area contributed by atoms with Crippen molar-refractivity contribution in [3.8, 4) is 0 Å². The highest BCUT2D eigenvalue weighted by molar-refractivity contribution is 7.87. The fraction of sp³-hybridized carbons (Fsp3) is 1.00. The molecule has 110 valence electrons. The molecule has 0 amide bonds. The first kappa shape index (κ1) is 13.8. The summed E-state index contributed by atoms with van der Waals surface area (Å²) in [6.45, 7) is 3.25. The van der Waals surface area contributed by atoms with E-state index in [0.29, 0.717) is 12.8 Å². The molecule has 0 N–H and O–H groups in total. The molecule has 19 heavy (non-hydrogen) atoms. The molecule has 0 spiro atoms. The van der Waals surface area contributed by atoms with Gasteiger partial charge >= 0.3 is 0 Å². The lowest BCUT2D eigenvalue weighted by Crippen LogP contribution is -2.34. The first-order valence-electron chi connectivity index (χ1n) is 6.51. The number of hydrogen-bond acceptors (Lipinski definition) is 6. The van der Waals surface area contributed by atoms with Crippen LogP contribution in [0.4, 0.5) is 0 Å². The molecule has 2 saturated heterocycles. The maximum absolute atomic E-state index is 11.7. The molecular weight excluding hydrogens is 292 g/mol. The van der Waals surface area contributed by atoms with Crippen LogP contribution in [0.1, 0.15) is 39.5 Å². The minimum Gasteiger partial charge on any atom is -0.266 e. The van der Waals surface area contributed by atoms with Gasteiger partial charge in [0.15, 0.2) is 0 Å². The molecule has 3 fully saturated rings. The first-order valence-corrected chi connectivity index (χ1v) is 9.46. The van der Waals surface area contributed by atoms with Crippen LogP contribution in [-0.2, 0) is 28.6 Å². The average molecular weight is 310 g/mol. The van der Waals surface area contributed by atoms with Gasteiger partial charge in [0, 0.05) is 5.41 Å². The monoisotopic (exact) mass is 310 g/mol. The summed E-state index contributed by atoms with van der Waals surface area (Å²) >= 11 is 0. The molecule has 2 aliphatic heterocycles. The van der Waals surface area contributed by atoms with Crippen molar-refractivity contribution < 1.29 is 25.2 Å². The molecule has 1 saturated carbocycles. The van der Waals surface area contributed by atoms with Crippen molar-refractivity contribution in [2.45, 2.75) is 62.2 Å². The van der Waals surface area contributed by atoms with Gasteiger partial charge in [-0.15, -0.1) is 0 Å². The zero-order valence-electron chi connectivity index (χ0n) is 10.9. The van der Waals surface area contributed by atoms with Gasteiger partial charge in [0.25, 0.3) is 20.2 Å². The lowest BCUT2D eigenvalue weighted by Gasteiger charge is -2.25. The number of hydrogen-bond donors (Lipinski definition) is 0. The van der Waals surface area contributed by atoms with Crippen LogP contribution in [0.15, 0.2) is 0 Å². The van der Waals surface area contributed by atoms with Crippen molar-refractivity contribution in [3.63, 3.8) is 0 Å². The Balaban J connectivity index is 1.83. The minimum atomic E-state index is -3.49. The molecule has 0 aromatic carbocycles. The van der Waals surface area contributed by atoms with Crippen LogP contribution in [0.2, 0.25) is 0 Å². The van der Waals surface area contributed by atoms with Gasteiger partial charge in [-0.1, -0.05) is 0 Å². The van der Waals surface area contributed by atoms with Crippen LogP contribution in [0.5, 0.6) is 0 Å². The van der Waals surface area contributed by atoms with Gasteiger partial charge < -0.3 is 0 Å². The van der Waals surface area contributed by atoms with Gasteiger partial charge in [-0.25, -0.2) is 0 Å². The third kappa shape index (κ3) is 2.03. The van der Waals surface area contributed by atoms with E-state index in [0.717, 1.165) is 12.8 Å². The third-order valence-corrected chi connectivity index (χ3v) is 8.05. The van der Waals surface area contributed by atoms with E-state index in [4.69, 9.17) is 8.37 Å². The molecule has 4 unspecified atom stereocenters. The first-order chi connectivity index (χ1) is 8.67. The zero-order chi connectivity index (χ0) is 14.1. The summed E-state index contributed by atoms with van der Waals surface area (Å²) in [4.78, 5) is 0. The highest BCUT2D eigenvalue weighted by Gasteiger charge is 2.63. The summed E-state index contributed by atoms with van der Waals surface area (Å²) in [5.74, 6) is 0. The Bertz CT molecular complexity index is 539. The third-order valence-electron chi connectivity index (χ3n) is 4.69. The molecule has 6 nitrogen and oxygen atoms in total. The molecule has 2 heterocycles. The summed E-state index contributed by atoms with van der Waals surface area (Å²) < 4.78 is 57.1. The Labute approximate surface area is 113 Å². The normalized spacial score (nSPS) is 46.2. The number of rotatable bonds is 2. The molecule has 1 aliphatic carbocycles. The van der Waals surface area contributed by atoms with Gasteiger partial charge in [0.2, 0.25) is 0 Å². The largest absolute Gasteiger partial charge is 0.270 e. The Hall–Kier alpha value is -0.180. The van der Waals surface area contributed by atoms with Crippen molar-refractivity contribution in [2.24, 2.45) is 5.41 Å². The van der Waals surface area contributed by atoms with Gasteiger partial charge in [-0.2, -0.15) is 16.8 Å².